The van der Waals surface area contributed by atoms with E-state index in [1.807, 2.05) is 31.2 Å². The van der Waals surface area contributed by atoms with Gasteiger partial charge in [-0.25, -0.2) is 0 Å². The fourth-order valence-electron chi connectivity index (χ4n) is 2.22. The largest absolute Gasteiger partial charge is 0.354 e. The minimum Gasteiger partial charge on any atom is -0.354 e. The van der Waals surface area contributed by atoms with Crippen LogP contribution in [0.3, 0.4) is 0 Å². The highest BCUT2D eigenvalue weighted by Gasteiger charge is 2.19. The Kier molecular flexibility index (Phi) is 4.37. The number of hydrogen-bond acceptors (Lipinski definition) is 2. The maximum atomic E-state index is 11.9. The molecule has 0 bridgehead atoms. The van der Waals surface area contributed by atoms with Crippen molar-refractivity contribution < 1.29 is 4.79 Å². The molecule has 1 unspecified atom stereocenters. The topological polar surface area (TPSA) is 55.1 Å². The fraction of sp³-hybridized carbons (Fsp3) is 0.533. The van der Waals surface area contributed by atoms with Crippen LogP contribution in [0.5, 0.6) is 0 Å². The number of nitrogens with one attached hydrogen (secondary N) is 1. The Balaban J connectivity index is 1.78. The van der Waals surface area contributed by atoms with Crippen molar-refractivity contribution in [3.63, 3.8) is 0 Å². The Labute approximate surface area is 109 Å². The molecule has 1 aromatic rings. The lowest BCUT2D eigenvalue weighted by molar-refractivity contribution is -0.122. The Morgan fingerprint density at radius 2 is 2.06 bits per heavy atom. The third-order valence-electron chi connectivity index (χ3n) is 3.80. The van der Waals surface area contributed by atoms with Crippen molar-refractivity contribution in [3.8, 4) is 0 Å². The highest BCUT2D eigenvalue weighted by molar-refractivity contribution is 5.82. The van der Waals surface area contributed by atoms with E-state index in [9.17, 15) is 4.79 Å². The average molecular weight is 246 g/mol. The first-order chi connectivity index (χ1) is 8.66. The van der Waals surface area contributed by atoms with Crippen LogP contribution in [0.1, 0.15) is 42.9 Å². The highest BCUT2D eigenvalue weighted by atomic mass is 16.2. The van der Waals surface area contributed by atoms with Gasteiger partial charge in [0.05, 0.1) is 0 Å². The molecule has 3 nitrogen and oxygen atoms in total. The lowest BCUT2D eigenvalue weighted by atomic mass is 9.83. The van der Waals surface area contributed by atoms with Crippen LogP contribution in [0.4, 0.5) is 0 Å². The maximum absolute atomic E-state index is 11.9. The van der Waals surface area contributed by atoms with Crippen LogP contribution >= 0.6 is 0 Å². The van der Waals surface area contributed by atoms with Gasteiger partial charge in [0, 0.05) is 6.54 Å². The zero-order valence-corrected chi connectivity index (χ0v) is 11.0. The van der Waals surface area contributed by atoms with Gasteiger partial charge in [0.1, 0.15) is 6.04 Å². The van der Waals surface area contributed by atoms with Crippen molar-refractivity contribution in [3.05, 3.63) is 35.4 Å². The second-order valence-electron chi connectivity index (χ2n) is 5.26. The van der Waals surface area contributed by atoms with Crippen LogP contribution in [0.25, 0.3) is 0 Å². The quantitative estimate of drug-likeness (QED) is 0.837. The number of rotatable bonds is 5. The number of hydrogen-bond donors (Lipinski definition) is 2. The number of benzene rings is 1. The molecule has 98 valence electrons. The monoisotopic (exact) mass is 246 g/mol. The van der Waals surface area contributed by atoms with Gasteiger partial charge in [-0.1, -0.05) is 49.1 Å². The smallest absolute Gasteiger partial charge is 0.241 e. The predicted octanol–water partition coefficient (Wildman–Crippen LogP) is 2.30. The van der Waals surface area contributed by atoms with Crippen LogP contribution in [0.15, 0.2) is 24.3 Å². The summed E-state index contributed by atoms with van der Waals surface area (Å²) in [6.45, 7) is 2.77. The molecule has 1 atom stereocenters. The van der Waals surface area contributed by atoms with E-state index < -0.39 is 6.04 Å². The van der Waals surface area contributed by atoms with Gasteiger partial charge >= 0.3 is 0 Å². The van der Waals surface area contributed by atoms with Gasteiger partial charge in [-0.3, -0.25) is 4.79 Å². The SMILES string of the molecule is Cc1ccc(C(N)C(=O)NCCC2CCC2)cc1. The first kappa shape index (κ1) is 13.1. The molecule has 1 aliphatic carbocycles. The first-order valence-corrected chi connectivity index (χ1v) is 6.76. The molecule has 0 radical (unpaired) electrons. The number of aryl methyl sites for hydroxylation is 1. The molecule has 1 saturated carbocycles. The summed E-state index contributed by atoms with van der Waals surface area (Å²) in [5.41, 5.74) is 7.99. The predicted molar refractivity (Wildman–Crippen MR) is 73.1 cm³/mol. The van der Waals surface area contributed by atoms with Crippen LogP contribution < -0.4 is 11.1 Å². The van der Waals surface area contributed by atoms with Gasteiger partial charge in [0.2, 0.25) is 5.91 Å². The van der Waals surface area contributed by atoms with Crippen molar-refractivity contribution in [2.24, 2.45) is 11.7 Å². The Hall–Kier alpha value is -1.35. The highest BCUT2D eigenvalue weighted by Crippen LogP contribution is 2.28. The van der Waals surface area contributed by atoms with E-state index in [0.717, 1.165) is 24.4 Å². The van der Waals surface area contributed by atoms with Crippen molar-refractivity contribution >= 4 is 5.91 Å². The van der Waals surface area contributed by atoms with E-state index >= 15 is 0 Å². The molecule has 0 saturated heterocycles. The molecule has 1 aliphatic rings. The van der Waals surface area contributed by atoms with Gasteiger partial charge in [-0.15, -0.1) is 0 Å². The van der Waals surface area contributed by atoms with Gasteiger partial charge in [-0.05, 0) is 24.8 Å². The van der Waals surface area contributed by atoms with Crippen molar-refractivity contribution in [1.29, 1.82) is 0 Å². The second kappa shape index (κ2) is 6.01. The normalized spacial score (nSPS) is 17.0. The summed E-state index contributed by atoms with van der Waals surface area (Å²) < 4.78 is 0. The van der Waals surface area contributed by atoms with Gasteiger partial charge < -0.3 is 11.1 Å². The molecule has 18 heavy (non-hydrogen) atoms. The van der Waals surface area contributed by atoms with Gasteiger partial charge in [0.25, 0.3) is 0 Å². The molecular weight excluding hydrogens is 224 g/mol. The zero-order chi connectivity index (χ0) is 13.0. The zero-order valence-electron chi connectivity index (χ0n) is 11.0. The van der Waals surface area contributed by atoms with Crippen molar-refractivity contribution in [2.45, 2.75) is 38.6 Å². The Bertz CT molecular complexity index is 395. The molecule has 1 amide bonds. The third-order valence-corrected chi connectivity index (χ3v) is 3.80. The van der Waals surface area contributed by atoms with E-state index in [1.54, 1.807) is 0 Å². The number of amides is 1. The lowest BCUT2D eigenvalue weighted by Crippen LogP contribution is -2.35. The molecule has 0 aromatic heterocycles. The van der Waals surface area contributed by atoms with Crippen LogP contribution in [-0.2, 0) is 4.79 Å². The van der Waals surface area contributed by atoms with E-state index in [0.29, 0.717) is 0 Å². The number of carbonyl (C=O) groups is 1. The van der Waals surface area contributed by atoms with Crippen molar-refractivity contribution in [1.82, 2.24) is 5.32 Å². The van der Waals surface area contributed by atoms with E-state index in [2.05, 4.69) is 5.32 Å². The van der Waals surface area contributed by atoms with Crippen molar-refractivity contribution in [2.75, 3.05) is 6.54 Å². The summed E-state index contributed by atoms with van der Waals surface area (Å²) in [6.07, 6.45) is 5.08. The standard InChI is InChI=1S/C15H22N2O/c1-11-5-7-13(8-6-11)14(16)15(18)17-10-9-12-3-2-4-12/h5-8,12,14H,2-4,9-10,16H2,1H3,(H,17,18). The molecular formula is C15H22N2O. The minimum absolute atomic E-state index is 0.0711. The molecule has 2 rings (SSSR count). The average Bonchev–Trinajstić information content (AvgIpc) is 2.32. The summed E-state index contributed by atoms with van der Waals surface area (Å²) in [4.78, 5) is 11.9. The summed E-state index contributed by atoms with van der Waals surface area (Å²) >= 11 is 0. The summed E-state index contributed by atoms with van der Waals surface area (Å²) in [7, 11) is 0. The molecule has 0 heterocycles. The van der Waals surface area contributed by atoms with Crippen LogP contribution in [0, 0.1) is 12.8 Å². The third kappa shape index (κ3) is 3.33. The number of nitrogens with two attached hydrogens (primary N) is 1. The van der Waals surface area contributed by atoms with Gasteiger partial charge in [-0.2, -0.15) is 0 Å². The minimum atomic E-state index is -0.549. The fourth-order valence-corrected chi connectivity index (χ4v) is 2.22. The summed E-state index contributed by atoms with van der Waals surface area (Å²) in [5.74, 6) is 0.749. The summed E-state index contributed by atoms with van der Waals surface area (Å²) in [5, 5.41) is 2.93. The van der Waals surface area contributed by atoms with Gasteiger partial charge in [0.15, 0.2) is 0 Å². The molecule has 3 N–H and O–H groups in total. The Morgan fingerprint density at radius 1 is 1.39 bits per heavy atom. The molecule has 1 fully saturated rings. The van der Waals surface area contributed by atoms with E-state index in [4.69, 9.17) is 5.73 Å². The maximum Gasteiger partial charge on any atom is 0.241 e. The Morgan fingerprint density at radius 3 is 2.61 bits per heavy atom. The van der Waals surface area contributed by atoms with E-state index in [-0.39, 0.29) is 5.91 Å². The lowest BCUT2D eigenvalue weighted by Gasteiger charge is -2.25. The number of carbonyl (C=O) groups excluding carboxylic acids is 1. The second-order valence-corrected chi connectivity index (χ2v) is 5.26. The molecule has 0 spiro atoms. The molecule has 0 aliphatic heterocycles. The van der Waals surface area contributed by atoms with Crippen LogP contribution in [0.2, 0.25) is 0 Å². The van der Waals surface area contributed by atoms with E-state index in [1.165, 1.54) is 24.8 Å². The van der Waals surface area contributed by atoms with Crippen LogP contribution in [-0.4, -0.2) is 12.5 Å². The molecule has 3 heteroatoms. The summed E-state index contributed by atoms with van der Waals surface area (Å²) in [6, 6.07) is 7.26. The first-order valence-electron chi connectivity index (χ1n) is 6.76. The molecule has 1 aromatic carbocycles.